The standard InChI is InChI=1S/C22H22N/c1-5-18-14-23-17(4)21(19-10-6-15(2)7-11-19)22(18)20-12-8-16(3)9-13-20/h6-13H,5H2,1-4H3. The van der Waals surface area contributed by atoms with Gasteiger partial charge in [-0.3, -0.25) is 4.98 Å². The number of hydrogen-bond acceptors (Lipinski definition) is 1. The van der Waals surface area contributed by atoms with Crippen molar-refractivity contribution >= 4 is 0 Å². The van der Waals surface area contributed by atoms with Crippen molar-refractivity contribution in [3.8, 4) is 22.3 Å². The number of hydrogen-bond donors (Lipinski definition) is 0. The monoisotopic (exact) mass is 300 g/mol. The van der Waals surface area contributed by atoms with Gasteiger partial charge >= 0.3 is 0 Å². The van der Waals surface area contributed by atoms with Crippen LogP contribution in [0.3, 0.4) is 0 Å². The van der Waals surface area contributed by atoms with Crippen LogP contribution in [0, 0.1) is 27.0 Å². The van der Waals surface area contributed by atoms with Gasteiger partial charge in [0.15, 0.2) is 0 Å². The van der Waals surface area contributed by atoms with Crippen LogP contribution in [0.4, 0.5) is 0 Å². The van der Waals surface area contributed by atoms with Gasteiger partial charge in [0.05, 0.1) is 6.20 Å². The number of rotatable bonds is 3. The lowest BCUT2D eigenvalue weighted by Crippen LogP contribution is -1.98. The lowest BCUT2D eigenvalue weighted by molar-refractivity contribution is 1.07. The number of nitrogens with zero attached hydrogens (tertiary/aromatic N) is 1. The summed E-state index contributed by atoms with van der Waals surface area (Å²) >= 11 is 0. The van der Waals surface area contributed by atoms with Gasteiger partial charge in [0, 0.05) is 11.3 Å². The van der Waals surface area contributed by atoms with E-state index in [1.807, 2.05) is 0 Å². The van der Waals surface area contributed by atoms with Crippen molar-refractivity contribution < 1.29 is 0 Å². The number of aryl methyl sites for hydroxylation is 4. The average Bonchev–Trinajstić information content (AvgIpc) is 2.56. The summed E-state index contributed by atoms with van der Waals surface area (Å²) in [6, 6.07) is 17.5. The molecule has 23 heavy (non-hydrogen) atoms. The van der Waals surface area contributed by atoms with E-state index >= 15 is 0 Å². The van der Waals surface area contributed by atoms with E-state index in [0.717, 1.165) is 12.1 Å². The van der Waals surface area contributed by atoms with E-state index in [4.69, 9.17) is 0 Å². The lowest BCUT2D eigenvalue weighted by Gasteiger charge is -2.17. The van der Waals surface area contributed by atoms with Crippen molar-refractivity contribution in [2.45, 2.75) is 34.1 Å². The van der Waals surface area contributed by atoms with E-state index in [0.29, 0.717) is 0 Å². The minimum Gasteiger partial charge on any atom is -0.250 e. The molecule has 0 unspecified atom stereocenters. The smallest absolute Gasteiger partial charge is 0.0931 e. The zero-order valence-corrected chi connectivity index (χ0v) is 14.3. The van der Waals surface area contributed by atoms with Crippen molar-refractivity contribution in [1.82, 2.24) is 4.98 Å². The molecule has 3 aromatic rings. The molecule has 0 atom stereocenters. The molecule has 1 radical (unpaired) electrons. The molecule has 0 N–H and O–H groups in total. The topological polar surface area (TPSA) is 12.9 Å². The summed E-state index contributed by atoms with van der Waals surface area (Å²) in [6.07, 6.45) is 4.17. The average molecular weight is 300 g/mol. The SMILES string of the molecule is CCc1[c]nc(C)c(-c2ccc(C)cc2)c1-c1ccc(C)cc1. The van der Waals surface area contributed by atoms with Gasteiger partial charge < -0.3 is 0 Å². The Morgan fingerprint density at radius 1 is 0.739 bits per heavy atom. The Hall–Kier alpha value is -2.41. The molecule has 0 bridgehead atoms. The van der Waals surface area contributed by atoms with Crippen molar-refractivity contribution in [3.05, 3.63) is 77.1 Å². The zero-order valence-electron chi connectivity index (χ0n) is 14.3. The summed E-state index contributed by atoms with van der Waals surface area (Å²) in [4.78, 5) is 4.53. The van der Waals surface area contributed by atoms with Crippen molar-refractivity contribution in [3.63, 3.8) is 0 Å². The molecular weight excluding hydrogens is 278 g/mol. The second-order valence-electron chi connectivity index (χ2n) is 6.12. The van der Waals surface area contributed by atoms with Gasteiger partial charge in [-0.25, -0.2) is 0 Å². The molecule has 0 aliphatic rings. The van der Waals surface area contributed by atoms with Crippen LogP contribution in [0.2, 0.25) is 0 Å². The predicted octanol–water partition coefficient (Wildman–Crippen LogP) is 5.70. The third-order valence-corrected chi connectivity index (χ3v) is 4.31. The first-order valence-corrected chi connectivity index (χ1v) is 8.15. The molecule has 0 aliphatic heterocycles. The zero-order chi connectivity index (χ0) is 16.4. The molecule has 0 saturated carbocycles. The van der Waals surface area contributed by atoms with Gasteiger partial charge in [-0.2, -0.15) is 0 Å². The van der Waals surface area contributed by atoms with Crippen LogP contribution < -0.4 is 0 Å². The predicted molar refractivity (Wildman–Crippen MR) is 97.5 cm³/mol. The number of benzene rings is 2. The first kappa shape index (κ1) is 15.5. The van der Waals surface area contributed by atoms with E-state index in [2.05, 4.69) is 87.4 Å². The van der Waals surface area contributed by atoms with E-state index in [-0.39, 0.29) is 0 Å². The van der Waals surface area contributed by atoms with Crippen LogP contribution in [-0.4, -0.2) is 4.98 Å². The Bertz CT molecular complexity index is 812. The normalized spacial score (nSPS) is 10.8. The molecule has 1 nitrogen and oxygen atoms in total. The fraction of sp³-hybridized carbons (Fsp3) is 0.227. The highest BCUT2D eigenvalue weighted by Crippen LogP contribution is 2.36. The molecule has 0 fully saturated rings. The first-order valence-electron chi connectivity index (χ1n) is 8.15. The molecule has 1 heterocycles. The van der Waals surface area contributed by atoms with E-state index < -0.39 is 0 Å². The van der Waals surface area contributed by atoms with Crippen molar-refractivity contribution in [2.75, 3.05) is 0 Å². The van der Waals surface area contributed by atoms with Crippen molar-refractivity contribution in [2.24, 2.45) is 0 Å². The second-order valence-corrected chi connectivity index (χ2v) is 6.12. The highest BCUT2D eigenvalue weighted by Gasteiger charge is 2.15. The van der Waals surface area contributed by atoms with Crippen LogP contribution in [0.25, 0.3) is 22.3 Å². The summed E-state index contributed by atoms with van der Waals surface area (Å²) in [5.74, 6) is 0. The summed E-state index contributed by atoms with van der Waals surface area (Å²) in [6.45, 7) is 8.48. The third kappa shape index (κ3) is 3.05. The quantitative estimate of drug-likeness (QED) is 0.604. The van der Waals surface area contributed by atoms with E-state index in [9.17, 15) is 0 Å². The fourth-order valence-electron chi connectivity index (χ4n) is 2.96. The van der Waals surface area contributed by atoms with Crippen LogP contribution in [0.15, 0.2) is 48.5 Å². The Balaban J connectivity index is 2.29. The Kier molecular flexibility index (Phi) is 4.29. The summed E-state index contributed by atoms with van der Waals surface area (Å²) < 4.78 is 0. The molecule has 1 heteroatoms. The summed E-state index contributed by atoms with van der Waals surface area (Å²) in [5, 5.41) is 0. The molecule has 0 saturated heterocycles. The highest BCUT2D eigenvalue weighted by molar-refractivity contribution is 5.86. The van der Waals surface area contributed by atoms with Gasteiger partial charge in [0.25, 0.3) is 0 Å². The Morgan fingerprint density at radius 2 is 1.22 bits per heavy atom. The molecule has 1 aromatic heterocycles. The maximum atomic E-state index is 4.53. The third-order valence-electron chi connectivity index (χ3n) is 4.31. The Morgan fingerprint density at radius 3 is 1.70 bits per heavy atom. The summed E-state index contributed by atoms with van der Waals surface area (Å²) in [5.41, 5.74) is 9.71. The maximum Gasteiger partial charge on any atom is 0.0931 e. The molecule has 0 spiro atoms. The number of aromatic nitrogens is 1. The summed E-state index contributed by atoms with van der Waals surface area (Å²) in [7, 11) is 0. The maximum absolute atomic E-state index is 4.53. The van der Waals surface area contributed by atoms with Crippen molar-refractivity contribution in [1.29, 1.82) is 0 Å². The van der Waals surface area contributed by atoms with E-state index in [1.165, 1.54) is 38.9 Å². The van der Waals surface area contributed by atoms with Crippen LogP contribution in [0.1, 0.15) is 29.3 Å². The van der Waals surface area contributed by atoms with Gasteiger partial charge in [-0.1, -0.05) is 66.6 Å². The van der Waals surface area contributed by atoms with Gasteiger partial charge in [0.2, 0.25) is 0 Å². The number of pyridine rings is 1. The molecule has 0 aliphatic carbocycles. The molecule has 3 rings (SSSR count). The minimum atomic E-state index is 0.926. The molecule has 2 aromatic carbocycles. The first-order chi connectivity index (χ1) is 11.1. The van der Waals surface area contributed by atoms with Gasteiger partial charge in [0.1, 0.15) is 0 Å². The van der Waals surface area contributed by atoms with E-state index in [1.54, 1.807) is 0 Å². The molecule has 0 amide bonds. The minimum absolute atomic E-state index is 0.926. The second kappa shape index (κ2) is 6.37. The molecule has 115 valence electrons. The highest BCUT2D eigenvalue weighted by atomic mass is 14.7. The largest absolute Gasteiger partial charge is 0.250 e. The van der Waals surface area contributed by atoms with Crippen LogP contribution in [-0.2, 0) is 6.42 Å². The van der Waals surface area contributed by atoms with Crippen LogP contribution in [0.5, 0.6) is 0 Å². The lowest BCUT2D eigenvalue weighted by atomic mass is 9.89. The van der Waals surface area contributed by atoms with Crippen LogP contribution >= 0.6 is 0 Å². The Labute approximate surface area is 139 Å². The molecular formula is C22H22N. The van der Waals surface area contributed by atoms with Gasteiger partial charge in [-0.15, -0.1) is 0 Å². The van der Waals surface area contributed by atoms with Gasteiger partial charge in [-0.05, 0) is 49.4 Å². The fourth-order valence-corrected chi connectivity index (χ4v) is 2.96.